The lowest BCUT2D eigenvalue weighted by atomic mass is 10.0. The van der Waals surface area contributed by atoms with E-state index in [1.54, 1.807) is 17.0 Å². The highest BCUT2D eigenvalue weighted by molar-refractivity contribution is 6.07. The van der Waals surface area contributed by atoms with Crippen molar-refractivity contribution < 1.29 is 32.6 Å². The number of carbonyl (C=O) groups excluding carboxylic acids is 3. The normalized spacial score (nSPS) is 18.0. The fraction of sp³-hybridized carbons (Fsp3) is 0.457. The van der Waals surface area contributed by atoms with Crippen molar-refractivity contribution in [2.75, 3.05) is 52.4 Å². The summed E-state index contributed by atoms with van der Waals surface area (Å²) in [4.78, 5) is 47.0. The minimum Gasteiger partial charge on any atom is -0.494 e. The molecule has 2 aliphatic heterocycles. The molecule has 1 N–H and O–H groups in total. The third kappa shape index (κ3) is 8.74. The number of piperazine rings is 1. The number of hydrogen-bond acceptors (Lipinski definition) is 8. The van der Waals surface area contributed by atoms with Crippen molar-refractivity contribution >= 4 is 28.8 Å². The van der Waals surface area contributed by atoms with Crippen LogP contribution in [0.3, 0.4) is 0 Å². The first kappa shape index (κ1) is 34.5. The van der Waals surface area contributed by atoms with Crippen LogP contribution in [0, 0.1) is 11.3 Å². The van der Waals surface area contributed by atoms with E-state index >= 15 is 0 Å². The number of nitrogens with one attached hydrogen (secondary N) is 1. The first-order valence-corrected chi connectivity index (χ1v) is 16.0. The lowest BCUT2D eigenvalue weighted by molar-refractivity contribution is -0.131. The Morgan fingerprint density at radius 1 is 1.04 bits per heavy atom. The van der Waals surface area contributed by atoms with E-state index in [4.69, 9.17) is 14.7 Å². The number of amides is 3. The molecular weight excluding hydrogens is 622 g/mol. The van der Waals surface area contributed by atoms with Gasteiger partial charge in [0.05, 0.1) is 36.8 Å². The molecule has 0 aliphatic carbocycles. The molecule has 254 valence electrons. The van der Waals surface area contributed by atoms with E-state index in [0.717, 1.165) is 47.8 Å². The minimum atomic E-state index is -3.13. The van der Waals surface area contributed by atoms with Gasteiger partial charge in [0.1, 0.15) is 17.4 Å². The van der Waals surface area contributed by atoms with Crippen LogP contribution < -0.4 is 10.1 Å². The highest BCUT2D eigenvalue weighted by atomic mass is 19.3. The third-order valence-electron chi connectivity index (χ3n) is 8.23. The van der Waals surface area contributed by atoms with E-state index < -0.39 is 48.9 Å². The van der Waals surface area contributed by atoms with Crippen molar-refractivity contribution in [2.45, 2.75) is 51.2 Å². The highest BCUT2D eigenvalue weighted by Crippen LogP contribution is 2.32. The number of carbonyl (C=O) groups is 3. The predicted octanol–water partition coefficient (Wildman–Crippen LogP) is 4.71. The molecule has 11 nitrogen and oxygen atoms in total. The van der Waals surface area contributed by atoms with Crippen LogP contribution >= 0.6 is 0 Å². The van der Waals surface area contributed by atoms with Crippen LogP contribution in [0.2, 0.25) is 0 Å². The van der Waals surface area contributed by atoms with Crippen molar-refractivity contribution in [1.82, 2.24) is 25.0 Å². The summed E-state index contributed by atoms with van der Waals surface area (Å²) in [7, 11) is 0. The largest absolute Gasteiger partial charge is 0.494 e. The van der Waals surface area contributed by atoms with E-state index in [9.17, 15) is 23.2 Å². The number of aromatic nitrogens is 1. The molecule has 0 radical (unpaired) electrons. The van der Waals surface area contributed by atoms with Gasteiger partial charge in [0, 0.05) is 50.7 Å². The standard InChI is InChI=1S/C35H40F2N6O5/c1-34(2,3)48-33(46)42-16-14-41(15-17-42)13-4-18-47-27-8-5-24(6-9-27)25-7-10-28-29(11-12-39-30(28)19-25)32(45)40-22-31(44)43-23-35(36,37)20-26(43)21-38/h5-12,19,26H,4,13-18,20,22-23H2,1-3H3,(H,40,45)/t26-/m0/s1. The van der Waals surface area contributed by atoms with Crippen LogP contribution in [-0.4, -0.2) is 108 Å². The van der Waals surface area contributed by atoms with Gasteiger partial charge in [-0.1, -0.05) is 24.3 Å². The topological polar surface area (TPSA) is 128 Å². The zero-order valence-corrected chi connectivity index (χ0v) is 27.4. The molecule has 2 aromatic carbocycles. The summed E-state index contributed by atoms with van der Waals surface area (Å²) >= 11 is 0. The number of alkyl halides is 2. The number of benzene rings is 2. The number of nitriles is 1. The average Bonchev–Trinajstić information content (AvgIpc) is 3.39. The van der Waals surface area contributed by atoms with Gasteiger partial charge < -0.3 is 24.6 Å². The van der Waals surface area contributed by atoms with Gasteiger partial charge in [-0.3, -0.25) is 19.5 Å². The van der Waals surface area contributed by atoms with Gasteiger partial charge in [0.2, 0.25) is 5.91 Å². The zero-order valence-electron chi connectivity index (χ0n) is 27.4. The number of hydrogen-bond donors (Lipinski definition) is 1. The molecule has 2 aliphatic rings. The van der Waals surface area contributed by atoms with Crippen LogP contribution in [0.4, 0.5) is 13.6 Å². The Hall–Kier alpha value is -4.83. The molecule has 0 unspecified atom stereocenters. The number of halogens is 2. The van der Waals surface area contributed by atoms with Gasteiger partial charge in [0.15, 0.2) is 0 Å². The average molecular weight is 663 g/mol. The van der Waals surface area contributed by atoms with E-state index in [1.165, 1.54) is 12.3 Å². The summed E-state index contributed by atoms with van der Waals surface area (Å²) in [5.74, 6) is -3.67. The summed E-state index contributed by atoms with van der Waals surface area (Å²) in [6.45, 7) is 8.58. The number of nitrogens with zero attached hydrogens (tertiary/aromatic N) is 5. The van der Waals surface area contributed by atoms with Crippen molar-refractivity contribution in [3.8, 4) is 22.9 Å². The molecule has 2 fully saturated rings. The maximum absolute atomic E-state index is 13.7. The number of rotatable bonds is 9. The smallest absolute Gasteiger partial charge is 0.410 e. The minimum absolute atomic E-state index is 0.263. The second-order valence-electron chi connectivity index (χ2n) is 13.0. The number of ether oxygens (including phenoxy) is 2. The molecule has 48 heavy (non-hydrogen) atoms. The molecule has 0 saturated carbocycles. The van der Waals surface area contributed by atoms with Crippen molar-refractivity contribution in [3.05, 3.63) is 60.3 Å². The summed E-state index contributed by atoms with van der Waals surface area (Å²) in [5, 5.41) is 12.2. The second-order valence-corrected chi connectivity index (χ2v) is 13.0. The van der Waals surface area contributed by atoms with Gasteiger partial charge in [-0.15, -0.1) is 0 Å². The predicted molar refractivity (Wildman–Crippen MR) is 175 cm³/mol. The maximum atomic E-state index is 13.7. The number of pyridine rings is 1. The van der Waals surface area contributed by atoms with Crippen LogP contribution in [0.25, 0.3) is 22.0 Å². The summed E-state index contributed by atoms with van der Waals surface area (Å²) in [6, 6.07) is 15.2. The Balaban J connectivity index is 1.10. The number of likely N-dealkylation sites (tertiary alicyclic amines) is 1. The van der Waals surface area contributed by atoms with E-state index in [2.05, 4.69) is 15.2 Å². The summed E-state index contributed by atoms with van der Waals surface area (Å²) in [5.41, 5.74) is 2.18. The molecule has 2 saturated heterocycles. The Morgan fingerprint density at radius 2 is 1.75 bits per heavy atom. The molecule has 0 spiro atoms. The summed E-state index contributed by atoms with van der Waals surface area (Å²) in [6.07, 6.45) is 1.37. The van der Waals surface area contributed by atoms with Crippen molar-refractivity contribution in [1.29, 1.82) is 5.26 Å². The second kappa shape index (κ2) is 14.5. The molecule has 5 rings (SSSR count). The van der Waals surface area contributed by atoms with E-state index in [0.29, 0.717) is 30.6 Å². The molecular formula is C35H40F2N6O5. The van der Waals surface area contributed by atoms with Crippen LogP contribution in [-0.2, 0) is 9.53 Å². The molecule has 3 amide bonds. The molecule has 0 bridgehead atoms. The molecule has 1 atom stereocenters. The Morgan fingerprint density at radius 3 is 2.44 bits per heavy atom. The monoisotopic (exact) mass is 662 g/mol. The highest BCUT2D eigenvalue weighted by Gasteiger charge is 2.47. The fourth-order valence-electron chi connectivity index (χ4n) is 5.77. The quantitative estimate of drug-likeness (QED) is 0.327. The van der Waals surface area contributed by atoms with Gasteiger partial charge in [0.25, 0.3) is 11.8 Å². The number of fused-ring (bicyclic) bond motifs is 1. The van der Waals surface area contributed by atoms with Crippen molar-refractivity contribution in [2.24, 2.45) is 0 Å². The summed E-state index contributed by atoms with van der Waals surface area (Å²) < 4.78 is 38.9. The lowest BCUT2D eigenvalue weighted by Gasteiger charge is -2.35. The van der Waals surface area contributed by atoms with Gasteiger partial charge >= 0.3 is 6.09 Å². The molecule has 13 heteroatoms. The van der Waals surface area contributed by atoms with Crippen LogP contribution in [0.15, 0.2) is 54.7 Å². The first-order chi connectivity index (χ1) is 22.8. The molecule has 3 aromatic rings. The van der Waals surface area contributed by atoms with Gasteiger partial charge in [-0.25, -0.2) is 13.6 Å². The SMILES string of the molecule is CC(C)(C)OC(=O)N1CCN(CCCOc2ccc(-c3ccc4c(C(=O)NCC(=O)N5CC(F)(F)C[C@H]5C#N)ccnc4c3)cc2)CC1. The first-order valence-electron chi connectivity index (χ1n) is 16.0. The maximum Gasteiger partial charge on any atom is 0.410 e. The van der Waals surface area contributed by atoms with Crippen molar-refractivity contribution in [3.63, 3.8) is 0 Å². The lowest BCUT2D eigenvalue weighted by Crippen LogP contribution is -2.50. The Labute approximate surface area is 278 Å². The molecule has 3 heterocycles. The van der Waals surface area contributed by atoms with Gasteiger partial charge in [-0.05, 0) is 62.6 Å². The van der Waals surface area contributed by atoms with Crippen LogP contribution in [0.1, 0.15) is 44.0 Å². The fourth-order valence-corrected chi connectivity index (χ4v) is 5.77. The van der Waals surface area contributed by atoms with Gasteiger partial charge in [-0.2, -0.15) is 5.26 Å². The third-order valence-corrected chi connectivity index (χ3v) is 8.23. The van der Waals surface area contributed by atoms with E-state index in [-0.39, 0.29) is 11.7 Å². The van der Waals surface area contributed by atoms with Crippen LogP contribution in [0.5, 0.6) is 5.75 Å². The Bertz CT molecular complexity index is 1680. The Kier molecular flexibility index (Phi) is 10.4. The zero-order chi connectivity index (χ0) is 34.5. The molecule has 1 aromatic heterocycles. The van der Waals surface area contributed by atoms with E-state index in [1.807, 2.05) is 57.2 Å².